The summed E-state index contributed by atoms with van der Waals surface area (Å²) in [6.45, 7) is 4.08. The molecule has 0 bridgehead atoms. The van der Waals surface area contributed by atoms with Gasteiger partial charge in [0.1, 0.15) is 29.7 Å². The number of thiocarbonyl (C=S) groups is 2. The summed E-state index contributed by atoms with van der Waals surface area (Å²) in [6, 6.07) is 71.2. The van der Waals surface area contributed by atoms with E-state index in [1.807, 2.05) is 26.0 Å². The van der Waals surface area contributed by atoms with Crippen molar-refractivity contribution in [2.75, 3.05) is 25.5 Å². The molecule has 2 saturated carbocycles. The predicted molar refractivity (Wildman–Crippen MR) is 427 cm³/mol. The number of thiazole rings is 1. The molecule has 0 radical (unpaired) electrons. The van der Waals surface area contributed by atoms with Crippen molar-refractivity contribution in [3.05, 3.63) is 302 Å². The number of amides is 4. The van der Waals surface area contributed by atoms with Crippen molar-refractivity contribution >= 4 is 149 Å². The number of aromatic nitrogens is 1. The fourth-order valence-electron chi connectivity index (χ4n) is 16.4. The van der Waals surface area contributed by atoms with Gasteiger partial charge in [-0.05, 0) is 184 Å². The van der Waals surface area contributed by atoms with E-state index in [0.717, 1.165) is 75.9 Å². The number of nitrogens with zero attached hydrogens (tertiary/aromatic N) is 5. The van der Waals surface area contributed by atoms with Gasteiger partial charge in [-0.15, -0.1) is 11.3 Å². The van der Waals surface area contributed by atoms with Crippen LogP contribution >= 0.6 is 71.1 Å². The van der Waals surface area contributed by atoms with Crippen LogP contribution in [0.4, 0.5) is 11.4 Å². The van der Waals surface area contributed by atoms with E-state index >= 15 is 0 Å². The number of rotatable bonds is 16. The molecule has 1 N–H and O–H groups in total. The van der Waals surface area contributed by atoms with Gasteiger partial charge < -0.3 is 10.2 Å². The summed E-state index contributed by atoms with van der Waals surface area (Å²) in [4.78, 5) is 77.8. The number of fused-ring (bicyclic) bond motifs is 6. The van der Waals surface area contributed by atoms with Crippen LogP contribution in [0, 0.1) is 5.92 Å². The Bertz CT molecular complexity index is 5150. The first kappa shape index (κ1) is 67.5. The molecular formula is C85H74N6O5S6. The number of carbonyl (C=O) groups is 4. The Labute approximate surface area is 621 Å². The highest BCUT2D eigenvalue weighted by Gasteiger charge is 2.47. The number of hydrogen-bond donors (Lipinski definition) is 1. The first-order chi connectivity index (χ1) is 49.6. The number of nitrogens with one attached hydrogen (secondary N) is 1. The minimum atomic E-state index is -0.547. The van der Waals surface area contributed by atoms with E-state index in [9.17, 15) is 24.0 Å². The molecule has 7 atom stereocenters. The van der Waals surface area contributed by atoms with Gasteiger partial charge >= 0.3 is 0 Å². The van der Waals surface area contributed by atoms with Crippen LogP contribution in [-0.2, 0) is 32.1 Å². The van der Waals surface area contributed by atoms with Gasteiger partial charge in [0.15, 0.2) is 0 Å². The molecule has 3 saturated heterocycles. The lowest BCUT2D eigenvalue weighted by atomic mass is 9.83. The third-order valence-electron chi connectivity index (χ3n) is 21.4. The summed E-state index contributed by atoms with van der Waals surface area (Å²) < 4.78 is 3.82. The fraction of sp³-hybridized carbons (Fsp3) is 0.235. The largest absolute Gasteiger partial charge is 0.348 e. The number of likely N-dealkylation sites (N-methyl/N-ethyl adjacent to an activating group) is 1. The van der Waals surface area contributed by atoms with Gasteiger partial charge in [-0.3, -0.25) is 43.2 Å². The summed E-state index contributed by atoms with van der Waals surface area (Å²) in [5.41, 5.74) is 19.4. The van der Waals surface area contributed by atoms with Gasteiger partial charge in [-0.1, -0.05) is 248 Å². The lowest BCUT2D eigenvalue weighted by molar-refractivity contribution is -0.133. The molecule has 0 spiro atoms. The maximum absolute atomic E-state index is 14.9. The fourth-order valence-corrected chi connectivity index (χ4v) is 21.6. The van der Waals surface area contributed by atoms with Gasteiger partial charge in [-0.25, -0.2) is 0 Å². The average molecular weight is 1450 g/mol. The second-order valence-corrected chi connectivity index (χ2v) is 33.0. The van der Waals surface area contributed by atoms with E-state index in [1.165, 1.54) is 119 Å². The standard InChI is InChI=1S/C85H74N6O5S6/c1-5-89-78(93)72(99-82(89)76-80(95)87(3)84(97)101-76)48-54-32-42-71-69(46-54)63-24-16-26-70(63)91(71)61-39-29-52(30-40-61)44-67(58-21-13-8-14-22-58)59-37-35-55(36-38-59)50(2)86-74(92)49-90-79(94)73(100-83(90)77-81(96)88(4)85(98)102-77)47-53-31-41-65-68(45-53)62-23-15-25-64(62)75(65)60-33-27-51(28-34-60)43-66(56-17-9-6-10-18-56)57-19-11-7-12-20-57/h6-14,17-22,27-46,48,50,62-64,70,73,75H,5,15-16,23-26,47,49H2,1-4H3,(H,86,92)/b67-44+,72-48+,82-76+,83-77+. The van der Waals surface area contributed by atoms with Crippen LogP contribution in [0.3, 0.4) is 0 Å². The topological polar surface area (TPSA) is 115 Å². The summed E-state index contributed by atoms with van der Waals surface area (Å²) in [5.74, 6) is 0.613. The van der Waals surface area contributed by atoms with E-state index in [4.69, 9.17) is 24.4 Å². The molecule has 9 aromatic rings. The minimum absolute atomic E-state index is 0.103. The Morgan fingerprint density at radius 2 is 1.19 bits per heavy atom. The lowest BCUT2D eigenvalue weighted by Gasteiger charge is -2.27. The highest BCUT2D eigenvalue weighted by molar-refractivity contribution is 8.30. The maximum Gasteiger partial charge on any atom is 0.269 e. The molecule has 8 aromatic carbocycles. The maximum atomic E-state index is 14.9. The van der Waals surface area contributed by atoms with Gasteiger partial charge in [0, 0.05) is 49.9 Å². The molecule has 17 heteroatoms. The van der Waals surface area contributed by atoms with Crippen molar-refractivity contribution in [1.29, 1.82) is 0 Å². The lowest BCUT2D eigenvalue weighted by Crippen LogP contribution is -2.40. The molecule has 7 unspecified atom stereocenters. The van der Waals surface area contributed by atoms with Gasteiger partial charge in [0.05, 0.1) is 20.9 Å². The summed E-state index contributed by atoms with van der Waals surface area (Å²) >= 11 is 16.2. The Hall–Kier alpha value is -8.94. The quantitative estimate of drug-likeness (QED) is 0.0566. The van der Waals surface area contributed by atoms with Crippen LogP contribution in [0.25, 0.3) is 34.3 Å². The van der Waals surface area contributed by atoms with E-state index in [1.54, 1.807) is 18.7 Å². The molecule has 4 amide bonds. The van der Waals surface area contributed by atoms with Crippen LogP contribution < -0.4 is 25.0 Å². The van der Waals surface area contributed by atoms with Crippen molar-refractivity contribution in [1.82, 2.24) is 24.6 Å². The zero-order valence-corrected chi connectivity index (χ0v) is 61.8. The third kappa shape index (κ3) is 12.7. The van der Waals surface area contributed by atoms with E-state index < -0.39 is 11.3 Å². The van der Waals surface area contributed by atoms with Gasteiger partial charge in [-0.2, -0.15) is 0 Å². The van der Waals surface area contributed by atoms with Crippen molar-refractivity contribution in [2.45, 2.75) is 100 Å². The van der Waals surface area contributed by atoms with Gasteiger partial charge in [0.2, 0.25) is 11.8 Å². The number of hydrogen-bond acceptors (Lipinski definition) is 12. The second-order valence-electron chi connectivity index (χ2n) is 27.4. The molecule has 102 heavy (non-hydrogen) atoms. The van der Waals surface area contributed by atoms with E-state index in [-0.39, 0.29) is 41.7 Å². The molecule has 7 aliphatic rings. The molecule has 16 rings (SSSR count). The van der Waals surface area contributed by atoms with Crippen molar-refractivity contribution in [3.63, 3.8) is 0 Å². The summed E-state index contributed by atoms with van der Waals surface area (Å²) in [6.07, 6.45) is 13.8. The summed E-state index contributed by atoms with van der Waals surface area (Å²) in [7, 11) is 3.33. The molecule has 5 heterocycles. The molecule has 510 valence electrons. The van der Waals surface area contributed by atoms with Crippen LogP contribution in [-0.4, -0.2) is 83.5 Å². The molecule has 11 nitrogen and oxygen atoms in total. The first-order valence-corrected chi connectivity index (χ1v) is 39.2. The Morgan fingerprint density at radius 1 is 0.608 bits per heavy atom. The SMILES string of the molecule is CCn1c(=O)/c(=C\c2ccc3c(c2)C2CCCC2N3c2ccc(/C=C(\c3ccccc3)c3ccc(C(C)NC(=O)CN4C(=O)C(Cc5ccc6c(c5)C5CCCC5C6c5ccc(C=C(c6ccccc6)c6ccccc6)cc5)S/C4=C4/SC(=S)N(C)C4=O)cc3)cc2)s/c1=C1/SC(=S)N(C)C1=O. The number of carbonyl (C=O) groups excluding carboxylic acids is 4. The summed E-state index contributed by atoms with van der Waals surface area (Å²) in [5, 5.41) is 3.13. The van der Waals surface area contributed by atoms with E-state index in [0.29, 0.717) is 69.4 Å². The van der Waals surface area contributed by atoms with Crippen molar-refractivity contribution in [2.24, 2.45) is 5.92 Å². The molecule has 5 fully saturated rings. The van der Waals surface area contributed by atoms with Crippen LogP contribution in [0.2, 0.25) is 0 Å². The van der Waals surface area contributed by atoms with Crippen molar-refractivity contribution < 1.29 is 19.2 Å². The third-order valence-corrected chi connectivity index (χ3v) is 27.2. The molecule has 4 aliphatic heterocycles. The smallest absolute Gasteiger partial charge is 0.269 e. The van der Waals surface area contributed by atoms with Crippen LogP contribution in [0.5, 0.6) is 0 Å². The Kier molecular flexibility index (Phi) is 18.8. The second kappa shape index (κ2) is 28.4. The zero-order chi connectivity index (χ0) is 70.0. The normalized spacial score (nSPS) is 22.5. The first-order valence-electron chi connectivity index (χ1n) is 35.1. The monoisotopic (exact) mass is 1450 g/mol. The zero-order valence-electron chi connectivity index (χ0n) is 56.9. The number of benzene rings is 8. The van der Waals surface area contributed by atoms with E-state index in [2.05, 4.69) is 216 Å². The minimum Gasteiger partial charge on any atom is -0.348 e. The number of anilines is 2. The molecular weight excluding hydrogens is 1380 g/mol. The average Bonchev–Trinajstić information content (AvgIpc) is 1.59. The molecule has 3 aliphatic carbocycles. The Balaban J connectivity index is 0.607. The van der Waals surface area contributed by atoms with Crippen LogP contribution in [0.1, 0.15) is 148 Å². The number of thioether (sulfide) groups is 3. The highest BCUT2D eigenvalue weighted by atomic mass is 32.2. The van der Waals surface area contributed by atoms with Crippen LogP contribution in [0.15, 0.2) is 215 Å². The molecule has 1 aromatic heterocycles. The highest BCUT2D eigenvalue weighted by Crippen LogP contribution is 2.58. The van der Waals surface area contributed by atoms with Gasteiger partial charge in [0.25, 0.3) is 17.4 Å². The van der Waals surface area contributed by atoms with Crippen molar-refractivity contribution in [3.8, 4) is 0 Å². The Morgan fingerprint density at radius 3 is 1.79 bits per heavy atom. The predicted octanol–water partition coefficient (Wildman–Crippen LogP) is 16.4.